The highest BCUT2D eigenvalue weighted by Gasteiger charge is 2.20. The summed E-state index contributed by atoms with van der Waals surface area (Å²) in [6, 6.07) is 13.0. The number of carbonyl (C=O) groups is 2. The van der Waals surface area contributed by atoms with Crippen LogP contribution in [0.3, 0.4) is 0 Å². The first-order chi connectivity index (χ1) is 14.9. The van der Waals surface area contributed by atoms with Crippen LogP contribution >= 0.6 is 11.8 Å². The molecule has 1 atom stereocenters. The molecule has 2 aromatic rings. The number of hydrogen-bond donors (Lipinski definition) is 2. The van der Waals surface area contributed by atoms with Crippen molar-refractivity contribution in [2.75, 3.05) is 23.5 Å². The van der Waals surface area contributed by atoms with Crippen LogP contribution in [0.1, 0.15) is 38.2 Å². The summed E-state index contributed by atoms with van der Waals surface area (Å²) in [5, 5.41) is 5.37. The molecular weight excluding hydrogens is 412 g/mol. The van der Waals surface area contributed by atoms with Crippen LogP contribution in [0.25, 0.3) is 0 Å². The fraction of sp³-hybridized carbons (Fsp3) is 0.417. The highest BCUT2D eigenvalue weighted by atomic mass is 32.2. The fourth-order valence-corrected chi connectivity index (χ4v) is 4.07. The molecule has 7 heteroatoms. The van der Waals surface area contributed by atoms with E-state index in [1.165, 1.54) is 24.6 Å². The minimum absolute atomic E-state index is 0.134. The summed E-state index contributed by atoms with van der Waals surface area (Å²) in [6.07, 6.45) is 4.63. The van der Waals surface area contributed by atoms with Crippen molar-refractivity contribution in [2.24, 2.45) is 0 Å². The van der Waals surface area contributed by atoms with Crippen molar-refractivity contribution in [1.29, 1.82) is 0 Å². The highest BCUT2D eigenvalue weighted by molar-refractivity contribution is 8.01. The average Bonchev–Trinajstić information content (AvgIpc) is 3.27. The van der Waals surface area contributed by atoms with Crippen molar-refractivity contribution < 1.29 is 19.1 Å². The fourth-order valence-electron chi connectivity index (χ4n) is 3.39. The first kappa shape index (κ1) is 23.0. The zero-order valence-electron chi connectivity index (χ0n) is 18.3. The number of benzene rings is 2. The van der Waals surface area contributed by atoms with Crippen molar-refractivity contribution in [3.05, 3.63) is 48.0 Å². The predicted octanol–water partition coefficient (Wildman–Crippen LogP) is 5.02. The Morgan fingerprint density at radius 1 is 1.03 bits per heavy atom. The molecule has 0 saturated heterocycles. The Balaban J connectivity index is 1.51. The summed E-state index contributed by atoms with van der Waals surface area (Å²) >= 11 is 1.29. The van der Waals surface area contributed by atoms with Crippen molar-refractivity contribution in [1.82, 2.24) is 0 Å². The minimum Gasteiger partial charge on any atom is -0.493 e. The van der Waals surface area contributed by atoms with E-state index in [4.69, 9.17) is 9.47 Å². The standard InChI is InChI=1S/C24H30N2O4S/c1-16-8-10-18(11-9-16)25-23(27)15-31-17(2)24(28)26-19-12-13-21(29-3)22(14-19)30-20-6-4-5-7-20/h8-14,17,20H,4-7,15H2,1-3H3,(H,25,27)(H,26,28). The smallest absolute Gasteiger partial charge is 0.237 e. The second kappa shape index (κ2) is 11.1. The van der Waals surface area contributed by atoms with E-state index in [0.717, 1.165) is 24.1 Å². The lowest BCUT2D eigenvalue weighted by atomic mass is 10.2. The third-order valence-corrected chi connectivity index (χ3v) is 6.34. The number of carbonyl (C=O) groups excluding carboxylic acids is 2. The topological polar surface area (TPSA) is 76.7 Å². The first-order valence-corrected chi connectivity index (χ1v) is 11.6. The predicted molar refractivity (Wildman–Crippen MR) is 126 cm³/mol. The maximum Gasteiger partial charge on any atom is 0.237 e. The van der Waals surface area contributed by atoms with Crippen molar-refractivity contribution in [3.63, 3.8) is 0 Å². The third-order valence-electron chi connectivity index (χ3n) is 5.20. The lowest BCUT2D eigenvalue weighted by molar-refractivity contribution is -0.115. The Labute approximate surface area is 188 Å². The van der Waals surface area contributed by atoms with Crippen molar-refractivity contribution in [2.45, 2.75) is 50.9 Å². The molecule has 0 aliphatic heterocycles. The van der Waals surface area contributed by atoms with Crippen LogP contribution in [0.15, 0.2) is 42.5 Å². The van der Waals surface area contributed by atoms with Crippen LogP contribution in [0.5, 0.6) is 11.5 Å². The zero-order chi connectivity index (χ0) is 22.2. The maximum atomic E-state index is 12.6. The molecule has 1 fully saturated rings. The van der Waals surface area contributed by atoms with Crippen molar-refractivity contribution in [3.8, 4) is 11.5 Å². The first-order valence-electron chi connectivity index (χ1n) is 10.6. The molecule has 1 saturated carbocycles. The Morgan fingerprint density at radius 2 is 1.71 bits per heavy atom. The van der Waals surface area contributed by atoms with Crippen LogP contribution in [0.4, 0.5) is 11.4 Å². The largest absolute Gasteiger partial charge is 0.493 e. The molecule has 2 aromatic carbocycles. The molecule has 31 heavy (non-hydrogen) atoms. The van der Waals surface area contributed by atoms with E-state index in [9.17, 15) is 9.59 Å². The highest BCUT2D eigenvalue weighted by Crippen LogP contribution is 2.34. The van der Waals surface area contributed by atoms with Gasteiger partial charge in [0.25, 0.3) is 0 Å². The van der Waals surface area contributed by atoms with Gasteiger partial charge in [-0.1, -0.05) is 17.7 Å². The van der Waals surface area contributed by atoms with Gasteiger partial charge in [0, 0.05) is 17.4 Å². The van der Waals surface area contributed by atoms with Gasteiger partial charge in [-0.2, -0.15) is 0 Å². The molecule has 0 heterocycles. The van der Waals surface area contributed by atoms with Crippen LogP contribution < -0.4 is 20.1 Å². The Bertz CT molecular complexity index is 895. The molecule has 166 valence electrons. The third kappa shape index (κ3) is 6.92. The maximum absolute atomic E-state index is 12.6. The number of amides is 2. The van der Waals surface area contributed by atoms with E-state index >= 15 is 0 Å². The zero-order valence-corrected chi connectivity index (χ0v) is 19.1. The van der Waals surface area contributed by atoms with Crippen LogP contribution in [-0.4, -0.2) is 36.0 Å². The molecule has 0 spiro atoms. The lowest BCUT2D eigenvalue weighted by Crippen LogP contribution is -2.25. The Hall–Kier alpha value is -2.67. The van der Waals surface area contributed by atoms with E-state index in [-0.39, 0.29) is 28.9 Å². The van der Waals surface area contributed by atoms with Gasteiger partial charge >= 0.3 is 0 Å². The summed E-state index contributed by atoms with van der Waals surface area (Å²) in [6.45, 7) is 3.78. The van der Waals surface area contributed by atoms with Gasteiger partial charge in [0.2, 0.25) is 11.8 Å². The van der Waals surface area contributed by atoms with E-state index in [1.54, 1.807) is 32.2 Å². The summed E-state index contributed by atoms with van der Waals surface area (Å²) in [7, 11) is 1.61. The van der Waals surface area contributed by atoms with Crippen LogP contribution in [-0.2, 0) is 9.59 Å². The summed E-state index contributed by atoms with van der Waals surface area (Å²) in [4.78, 5) is 24.8. The molecule has 6 nitrogen and oxygen atoms in total. The molecule has 1 aliphatic carbocycles. The molecular formula is C24H30N2O4S. The molecule has 3 rings (SSSR count). The number of methoxy groups -OCH3 is 1. The molecule has 0 bridgehead atoms. The Morgan fingerprint density at radius 3 is 2.39 bits per heavy atom. The molecule has 2 amide bonds. The molecule has 1 unspecified atom stereocenters. The molecule has 1 aliphatic rings. The van der Waals surface area contributed by atoms with E-state index in [0.29, 0.717) is 17.2 Å². The van der Waals surface area contributed by atoms with Gasteiger partial charge in [0.05, 0.1) is 24.2 Å². The second-order valence-electron chi connectivity index (χ2n) is 7.75. The number of ether oxygens (including phenoxy) is 2. The Kier molecular flexibility index (Phi) is 8.23. The second-order valence-corrected chi connectivity index (χ2v) is 9.08. The van der Waals surface area contributed by atoms with E-state index in [1.807, 2.05) is 31.2 Å². The van der Waals surface area contributed by atoms with E-state index in [2.05, 4.69) is 10.6 Å². The number of anilines is 2. The van der Waals surface area contributed by atoms with Crippen molar-refractivity contribution >= 4 is 35.0 Å². The van der Waals surface area contributed by atoms with Gasteiger partial charge in [-0.3, -0.25) is 9.59 Å². The van der Waals surface area contributed by atoms with Gasteiger partial charge in [0.1, 0.15) is 0 Å². The number of aryl methyl sites for hydroxylation is 1. The molecule has 2 N–H and O–H groups in total. The van der Waals surface area contributed by atoms with Gasteiger partial charge in [0.15, 0.2) is 11.5 Å². The number of rotatable bonds is 9. The monoisotopic (exact) mass is 442 g/mol. The minimum atomic E-state index is -0.384. The van der Waals surface area contributed by atoms with Gasteiger partial charge in [-0.25, -0.2) is 0 Å². The van der Waals surface area contributed by atoms with Crippen LogP contribution in [0.2, 0.25) is 0 Å². The van der Waals surface area contributed by atoms with Gasteiger partial charge < -0.3 is 20.1 Å². The average molecular weight is 443 g/mol. The molecule has 0 aromatic heterocycles. The van der Waals surface area contributed by atoms with Gasteiger partial charge in [-0.15, -0.1) is 11.8 Å². The van der Waals surface area contributed by atoms with E-state index < -0.39 is 0 Å². The lowest BCUT2D eigenvalue weighted by Gasteiger charge is -2.18. The number of nitrogens with one attached hydrogen (secondary N) is 2. The summed E-state index contributed by atoms with van der Waals surface area (Å²) in [5.41, 5.74) is 2.53. The summed E-state index contributed by atoms with van der Waals surface area (Å²) < 4.78 is 11.5. The number of hydrogen-bond acceptors (Lipinski definition) is 5. The quantitative estimate of drug-likeness (QED) is 0.570. The number of thioether (sulfide) groups is 1. The molecule has 0 radical (unpaired) electrons. The van der Waals surface area contributed by atoms with Gasteiger partial charge in [-0.05, 0) is 63.8 Å². The van der Waals surface area contributed by atoms with Crippen LogP contribution in [0, 0.1) is 6.92 Å². The SMILES string of the molecule is COc1ccc(NC(=O)C(C)SCC(=O)Nc2ccc(C)cc2)cc1OC1CCCC1. The summed E-state index contributed by atoms with van der Waals surface area (Å²) in [5.74, 6) is 1.20. The normalized spacial score (nSPS) is 14.7.